The molecule has 1 saturated heterocycles. The van der Waals surface area contributed by atoms with Crippen LogP contribution in [0, 0.1) is 12.8 Å². The number of aryl methyl sites for hydroxylation is 1. The van der Waals surface area contributed by atoms with Gasteiger partial charge in [-0.1, -0.05) is 24.6 Å². The summed E-state index contributed by atoms with van der Waals surface area (Å²) in [5.41, 5.74) is 3.11. The van der Waals surface area contributed by atoms with Gasteiger partial charge in [-0.2, -0.15) is 0 Å². The number of likely N-dealkylation sites (tertiary alicyclic amines) is 1. The van der Waals surface area contributed by atoms with E-state index < -0.39 is 0 Å². The first-order valence-electron chi connectivity index (χ1n) is 8.60. The molecular weight excluding hydrogens is 318 g/mol. The number of rotatable bonds is 5. The third-order valence-electron chi connectivity index (χ3n) is 4.51. The van der Waals surface area contributed by atoms with Crippen LogP contribution in [0.4, 0.5) is 5.69 Å². The molecule has 1 amide bonds. The summed E-state index contributed by atoms with van der Waals surface area (Å²) in [5, 5.41) is 5.91. The summed E-state index contributed by atoms with van der Waals surface area (Å²) in [7, 11) is 0. The first kappa shape index (κ1) is 17.1. The smallest absolute Gasteiger partial charge is 0.231 e. The normalized spacial score (nSPS) is 16.2. The molecule has 1 aliphatic rings. The molecule has 0 bridgehead atoms. The van der Waals surface area contributed by atoms with E-state index in [1.807, 2.05) is 31.2 Å². The van der Waals surface area contributed by atoms with E-state index in [2.05, 4.69) is 27.5 Å². The van der Waals surface area contributed by atoms with Gasteiger partial charge in [-0.3, -0.25) is 9.69 Å². The number of hydrogen-bond acceptors (Lipinski definition) is 4. The molecule has 5 heteroatoms. The number of anilines is 1. The summed E-state index contributed by atoms with van der Waals surface area (Å²) in [4.78, 5) is 19.2. The Labute approximate surface area is 147 Å². The van der Waals surface area contributed by atoms with Crippen LogP contribution in [0.3, 0.4) is 0 Å². The Morgan fingerprint density at radius 3 is 2.71 bits per heavy atom. The fourth-order valence-corrected chi connectivity index (χ4v) is 3.72. The van der Waals surface area contributed by atoms with Gasteiger partial charge in [0, 0.05) is 17.6 Å². The van der Waals surface area contributed by atoms with E-state index >= 15 is 0 Å². The Hall–Kier alpha value is -1.72. The summed E-state index contributed by atoms with van der Waals surface area (Å²) >= 11 is 1.58. The van der Waals surface area contributed by atoms with Gasteiger partial charge in [0.15, 0.2) is 0 Å². The highest BCUT2D eigenvalue weighted by Crippen LogP contribution is 2.19. The van der Waals surface area contributed by atoms with E-state index in [9.17, 15) is 4.79 Å². The number of carbonyl (C=O) groups is 1. The molecule has 2 heterocycles. The Kier molecular flexibility index (Phi) is 5.63. The monoisotopic (exact) mass is 343 g/mol. The van der Waals surface area contributed by atoms with Crippen LogP contribution in [0.1, 0.15) is 36.0 Å². The molecule has 128 valence electrons. The van der Waals surface area contributed by atoms with Crippen molar-refractivity contribution in [2.45, 2.75) is 39.7 Å². The van der Waals surface area contributed by atoms with Crippen molar-refractivity contribution >= 4 is 22.9 Å². The first-order valence-corrected chi connectivity index (χ1v) is 9.48. The Morgan fingerprint density at radius 1 is 1.29 bits per heavy atom. The second-order valence-corrected chi connectivity index (χ2v) is 7.72. The Balaban J connectivity index is 1.50. The van der Waals surface area contributed by atoms with Gasteiger partial charge >= 0.3 is 0 Å². The number of amides is 1. The van der Waals surface area contributed by atoms with Crippen LogP contribution in [0.15, 0.2) is 29.6 Å². The van der Waals surface area contributed by atoms with Gasteiger partial charge in [0.2, 0.25) is 5.91 Å². The number of piperidine rings is 1. The maximum Gasteiger partial charge on any atom is 0.231 e. The van der Waals surface area contributed by atoms with E-state index in [0.717, 1.165) is 41.9 Å². The minimum atomic E-state index is -0.00782. The standard InChI is InChI=1S/C19H25N3OS/c1-14-3-5-16(6-4-14)20-18(23)11-19-21-17(13-24-19)12-22-9-7-15(2)8-10-22/h3-6,13,15H,7-12H2,1-2H3,(H,20,23). The number of nitrogens with one attached hydrogen (secondary N) is 1. The molecule has 1 aromatic heterocycles. The minimum Gasteiger partial charge on any atom is -0.326 e. The zero-order chi connectivity index (χ0) is 16.9. The van der Waals surface area contributed by atoms with Crippen molar-refractivity contribution in [2.24, 2.45) is 5.92 Å². The molecule has 0 unspecified atom stereocenters. The lowest BCUT2D eigenvalue weighted by atomic mass is 9.99. The second-order valence-electron chi connectivity index (χ2n) is 6.78. The Morgan fingerprint density at radius 2 is 2.00 bits per heavy atom. The topological polar surface area (TPSA) is 45.2 Å². The molecule has 0 aliphatic carbocycles. The molecule has 0 spiro atoms. The molecule has 0 radical (unpaired) electrons. The maximum absolute atomic E-state index is 12.1. The van der Waals surface area contributed by atoms with Crippen LogP contribution in [-0.4, -0.2) is 28.9 Å². The SMILES string of the molecule is Cc1ccc(NC(=O)Cc2nc(CN3CCC(C)CC3)cs2)cc1. The summed E-state index contributed by atoms with van der Waals surface area (Å²) in [6.07, 6.45) is 2.89. The lowest BCUT2D eigenvalue weighted by Crippen LogP contribution is -2.32. The molecule has 4 nitrogen and oxygen atoms in total. The molecule has 3 rings (SSSR count). The van der Waals surface area contributed by atoms with Gasteiger partial charge in [0.1, 0.15) is 5.01 Å². The van der Waals surface area contributed by atoms with Gasteiger partial charge in [0.25, 0.3) is 0 Å². The van der Waals surface area contributed by atoms with Crippen LogP contribution in [0.5, 0.6) is 0 Å². The predicted octanol–water partition coefficient (Wildman–Crippen LogP) is 3.86. The van der Waals surface area contributed by atoms with Crippen molar-refractivity contribution in [1.82, 2.24) is 9.88 Å². The molecule has 1 aliphatic heterocycles. The number of hydrogen-bond donors (Lipinski definition) is 1. The molecule has 1 aromatic carbocycles. The average Bonchev–Trinajstić information content (AvgIpc) is 2.99. The fraction of sp³-hybridized carbons (Fsp3) is 0.474. The van der Waals surface area contributed by atoms with E-state index in [1.165, 1.54) is 18.4 Å². The van der Waals surface area contributed by atoms with Crippen LogP contribution < -0.4 is 5.32 Å². The molecule has 0 saturated carbocycles. The second kappa shape index (κ2) is 7.90. The van der Waals surface area contributed by atoms with Crippen molar-refractivity contribution in [1.29, 1.82) is 0 Å². The van der Waals surface area contributed by atoms with Crippen molar-refractivity contribution in [2.75, 3.05) is 18.4 Å². The lowest BCUT2D eigenvalue weighted by molar-refractivity contribution is -0.115. The molecule has 2 aromatic rings. The fourth-order valence-electron chi connectivity index (χ4n) is 2.93. The van der Waals surface area contributed by atoms with E-state index in [4.69, 9.17) is 0 Å². The third-order valence-corrected chi connectivity index (χ3v) is 5.41. The van der Waals surface area contributed by atoms with Crippen LogP contribution in [-0.2, 0) is 17.8 Å². The van der Waals surface area contributed by atoms with E-state index in [1.54, 1.807) is 11.3 Å². The van der Waals surface area contributed by atoms with E-state index in [-0.39, 0.29) is 5.91 Å². The van der Waals surface area contributed by atoms with Crippen LogP contribution >= 0.6 is 11.3 Å². The van der Waals surface area contributed by atoms with Crippen LogP contribution in [0.25, 0.3) is 0 Å². The van der Waals surface area contributed by atoms with Crippen molar-refractivity contribution in [3.05, 3.63) is 45.9 Å². The van der Waals surface area contributed by atoms with Gasteiger partial charge < -0.3 is 5.32 Å². The van der Waals surface area contributed by atoms with Crippen LogP contribution in [0.2, 0.25) is 0 Å². The van der Waals surface area contributed by atoms with Gasteiger partial charge in [-0.05, 0) is 50.9 Å². The van der Waals surface area contributed by atoms with Gasteiger partial charge in [-0.25, -0.2) is 4.98 Å². The van der Waals surface area contributed by atoms with Crippen molar-refractivity contribution in [3.8, 4) is 0 Å². The zero-order valence-corrected chi connectivity index (χ0v) is 15.2. The highest BCUT2D eigenvalue weighted by Gasteiger charge is 2.17. The number of nitrogens with zero attached hydrogens (tertiary/aromatic N) is 2. The average molecular weight is 343 g/mol. The molecule has 24 heavy (non-hydrogen) atoms. The summed E-state index contributed by atoms with van der Waals surface area (Å²) in [6.45, 7) is 7.57. The third kappa shape index (κ3) is 4.89. The summed E-state index contributed by atoms with van der Waals surface area (Å²) in [6, 6.07) is 7.85. The Bertz CT molecular complexity index is 672. The number of aromatic nitrogens is 1. The number of thiazole rings is 1. The summed E-state index contributed by atoms with van der Waals surface area (Å²) in [5.74, 6) is 0.837. The predicted molar refractivity (Wildman–Crippen MR) is 99.3 cm³/mol. The van der Waals surface area contributed by atoms with E-state index in [0.29, 0.717) is 6.42 Å². The maximum atomic E-state index is 12.1. The minimum absolute atomic E-state index is 0.00782. The summed E-state index contributed by atoms with van der Waals surface area (Å²) < 4.78 is 0. The van der Waals surface area contributed by atoms with Crippen molar-refractivity contribution < 1.29 is 4.79 Å². The first-order chi connectivity index (χ1) is 11.6. The largest absolute Gasteiger partial charge is 0.326 e. The highest BCUT2D eigenvalue weighted by atomic mass is 32.1. The molecule has 1 N–H and O–H groups in total. The molecule has 0 atom stereocenters. The molecular formula is C19H25N3OS. The van der Waals surface area contributed by atoms with Gasteiger partial charge in [-0.15, -0.1) is 11.3 Å². The van der Waals surface area contributed by atoms with Gasteiger partial charge in [0.05, 0.1) is 12.1 Å². The number of carbonyl (C=O) groups excluding carboxylic acids is 1. The number of benzene rings is 1. The lowest BCUT2D eigenvalue weighted by Gasteiger charge is -2.29. The highest BCUT2D eigenvalue weighted by molar-refractivity contribution is 7.09. The van der Waals surface area contributed by atoms with Crippen molar-refractivity contribution in [3.63, 3.8) is 0 Å². The zero-order valence-electron chi connectivity index (χ0n) is 14.4. The quantitative estimate of drug-likeness (QED) is 0.896. The molecule has 1 fully saturated rings.